The molecule has 106 valence electrons. The first-order valence-electron chi connectivity index (χ1n) is 6.61. The molecule has 2 amide bonds. The zero-order valence-electron chi connectivity index (χ0n) is 10.8. The number of halogens is 1. The number of benzene rings is 1. The number of hydrogen-bond acceptors (Lipinski definition) is 4. The van der Waals surface area contributed by atoms with Crippen LogP contribution in [0, 0.1) is 0 Å². The fraction of sp³-hybridized carbons (Fsp3) is 0.429. The van der Waals surface area contributed by atoms with E-state index in [1.807, 2.05) is 0 Å². The molecule has 1 heterocycles. The number of carbonyl (C=O) groups excluding carboxylic acids is 2. The molecule has 1 unspecified atom stereocenters. The van der Waals surface area contributed by atoms with E-state index in [0.717, 1.165) is 12.8 Å². The maximum atomic E-state index is 12.2. The average Bonchev–Trinajstić information content (AvgIpc) is 3.25. The normalized spacial score (nSPS) is 19.2. The predicted molar refractivity (Wildman–Crippen MR) is 75.2 cm³/mol. The van der Waals surface area contributed by atoms with E-state index in [1.54, 1.807) is 18.2 Å². The monoisotopic (exact) mass is 294 g/mol. The van der Waals surface area contributed by atoms with E-state index in [2.05, 4.69) is 5.32 Å². The second-order valence-corrected chi connectivity index (χ2v) is 5.47. The lowest BCUT2D eigenvalue weighted by atomic mass is 10.1. The van der Waals surface area contributed by atoms with Crippen molar-refractivity contribution in [1.82, 2.24) is 4.90 Å². The van der Waals surface area contributed by atoms with Crippen molar-refractivity contribution in [2.24, 2.45) is 0 Å². The van der Waals surface area contributed by atoms with Gasteiger partial charge in [0.2, 0.25) is 0 Å². The van der Waals surface area contributed by atoms with Gasteiger partial charge in [-0.05, 0) is 31.0 Å². The van der Waals surface area contributed by atoms with Gasteiger partial charge in [-0.15, -0.1) is 11.6 Å². The summed E-state index contributed by atoms with van der Waals surface area (Å²) in [6.45, 7) is 0.302. The predicted octanol–water partition coefficient (Wildman–Crippen LogP) is 1.46. The molecule has 1 aliphatic heterocycles. The highest BCUT2D eigenvalue weighted by atomic mass is 35.5. The van der Waals surface area contributed by atoms with Crippen molar-refractivity contribution in [3.05, 3.63) is 29.3 Å². The first-order valence-corrected chi connectivity index (χ1v) is 7.15. The molecule has 1 aliphatic carbocycles. The molecule has 6 heteroatoms. The van der Waals surface area contributed by atoms with Crippen LogP contribution in [0.15, 0.2) is 18.2 Å². The Morgan fingerprint density at radius 3 is 2.65 bits per heavy atom. The van der Waals surface area contributed by atoms with Crippen LogP contribution in [0.2, 0.25) is 0 Å². The summed E-state index contributed by atoms with van der Waals surface area (Å²) in [5.74, 6) is -0.265. The van der Waals surface area contributed by atoms with Gasteiger partial charge in [-0.1, -0.05) is 0 Å². The number of alkyl halides is 1. The van der Waals surface area contributed by atoms with Crippen molar-refractivity contribution < 1.29 is 14.7 Å². The maximum Gasteiger partial charge on any atom is 0.261 e. The number of carbonyl (C=O) groups is 2. The van der Waals surface area contributed by atoms with Crippen LogP contribution >= 0.6 is 11.6 Å². The highest BCUT2D eigenvalue weighted by Crippen LogP contribution is 2.35. The van der Waals surface area contributed by atoms with Crippen LogP contribution in [0.3, 0.4) is 0 Å². The lowest BCUT2D eigenvalue weighted by Gasteiger charge is -2.11. The summed E-state index contributed by atoms with van der Waals surface area (Å²) in [6, 6.07) is 5.14. The van der Waals surface area contributed by atoms with Gasteiger partial charge in [-0.3, -0.25) is 14.5 Å². The van der Waals surface area contributed by atoms with Gasteiger partial charge in [-0.2, -0.15) is 0 Å². The van der Waals surface area contributed by atoms with E-state index in [1.165, 1.54) is 4.90 Å². The van der Waals surface area contributed by atoms with E-state index in [9.17, 15) is 14.7 Å². The summed E-state index contributed by atoms with van der Waals surface area (Å²) in [6.07, 6.45) is 1.15. The molecular formula is C14H15ClN2O3. The number of imide groups is 1. The lowest BCUT2D eigenvalue weighted by molar-refractivity contribution is 0.0642. The maximum absolute atomic E-state index is 12.2. The molecule has 1 aromatic rings. The number of amides is 2. The van der Waals surface area contributed by atoms with E-state index < -0.39 is 6.10 Å². The molecule has 2 N–H and O–H groups in total. The molecule has 2 aliphatic rings. The molecule has 0 saturated heterocycles. The third kappa shape index (κ3) is 2.27. The summed E-state index contributed by atoms with van der Waals surface area (Å²) >= 11 is 5.52. The second-order valence-electron chi connectivity index (χ2n) is 5.16. The van der Waals surface area contributed by atoms with Gasteiger partial charge in [0.1, 0.15) is 0 Å². The number of anilines is 1. The molecule has 5 nitrogen and oxygen atoms in total. The fourth-order valence-corrected chi connectivity index (χ4v) is 2.43. The number of nitrogens with one attached hydrogen (secondary N) is 1. The molecule has 1 atom stereocenters. The Morgan fingerprint density at radius 2 is 2.00 bits per heavy atom. The second kappa shape index (κ2) is 5.07. The third-order valence-corrected chi connectivity index (χ3v) is 3.91. The van der Waals surface area contributed by atoms with Gasteiger partial charge in [0.15, 0.2) is 0 Å². The molecule has 0 spiro atoms. The molecule has 1 saturated carbocycles. The largest absolute Gasteiger partial charge is 0.390 e. The van der Waals surface area contributed by atoms with Crippen LogP contribution in [0.1, 0.15) is 33.6 Å². The number of aliphatic hydroxyl groups is 1. The Balaban J connectivity index is 1.80. The molecule has 1 aromatic carbocycles. The van der Waals surface area contributed by atoms with E-state index in [-0.39, 0.29) is 23.7 Å². The summed E-state index contributed by atoms with van der Waals surface area (Å²) in [5.41, 5.74) is 1.60. The van der Waals surface area contributed by atoms with E-state index >= 15 is 0 Å². The SMILES string of the molecule is O=C1c2ccc(NCC(O)CCl)cc2C(=O)N1C1CC1. The van der Waals surface area contributed by atoms with Crippen molar-refractivity contribution in [2.45, 2.75) is 25.0 Å². The number of rotatable bonds is 5. The Morgan fingerprint density at radius 1 is 1.30 bits per heavy atom. The molecule has 20 heavy (non-hydrogen) atoms. The summed E-state index contributed by atoms with van der Waals surface area (Å²) in [5, 5.41) is 12.4. The Labute approximate surface area is 121 Å². The highest BCUT2D eigenvalue weighted by molar-refractivity contribution is 6.22. The topological polar surface area (TPSA) is 69.6 Å². The van der Waals surface area contributed by atoms with Gasteiger partial charge >= 0.3 is 0 Å². The zero-order valence-corrected chi connectivity index (χ0v) is 11.6. The minimum absolute atomic E-state index is 0.0804. The molecule has 0 radical (unpaired) electrons. The molecule has 0 bridgehead atoms. The smallest absolute Gasteiger partial charge is 0.261 e. The van der Waals surface area contributed by atoms with Crippen LogP contribution in [0.4, 0.5) is 5.69 Å². The van der Waals surface area contributed by atoms with Gasteiger partial charge in [-0.25, -0.2) is 0 Å². The molecule has 3 rings (SSSR count). The molecular weight excluding hydrogens is 280 g/mol. The third-order valence-electron chi connectivity index (χ3n) is 3.55. The number of fused-ring (bicyclic) bond motifs is 1. The van der Waals surface area contributed by atoms with Gasteiger partial charge in [0.05, 0.1) is 23.1 Å². The van der Waals surface area contributed by atoms with Crippen LogP contribution in [-0.4, -0.2) is 46.4 Å². The van der Waals surface area contributed by atoms with Gasteiger partial charge in [0.25, 0.3) is 11.8 Å². The van der Waals surface area contributed by atoms with Crippen LogP contribution < -0.4 is 5.32 Å². The first-order chi connectivity index (χ1) is 9.61. The summed E-state index contributed by atoms with van der Waals surface area (Å²) in [7, 11) is 0. The fourth-order valence-electron chi connectivity index (χ4n) is 2.32. The number of nitrogens with zero attached hydrogens (tertiary/aromatic N) is 1. The number of hydrogen-bond donors (Lipinski definition) is 2. The quantitative estimate of drug-likeness (QED) is 0.637. The summed E-state index contributed by atoms with van der Waals surface area (Å²) in [4.78, 5) is 25.7. The summed E-state index contributed by atoms with van der Waals surface area (Å²) < 4.78 is 0. The Hall–Kier alpha value is -1.59. The molecule has 1 fully saturated rings. The van der Waals surface area contributed by atoms with Crippen LogP contribution in [0.5, 0.6) is 0 Å². The van der Waals surface area contributed by atoms with E-state index in [4.69, 9.17) is 11.6 Å². The Bertz CT molecular complexity index is 572. The van der Waals surface area contributed by atoms with Crippen molar-refractivity contribution in [3.63, 3.8) is 0 Å². The van der Waals surface area contributed by atoms with Gasteiger partial charge < -0.3 is 10.4 Å². The highest BCUT2D eigenvalue weighted by Gasteiger charge is 2.44. The van der Waals surface area contributed by atoms with Crippen molar-refractivity contribution in [1.29, 1.82) is 0 Å². The zero-order chi connectivity index (χ0) is 14.3. The van der Waals surface area contributed by atoms with Crippen molar-refractivity contribution in [2.75, 3.05) is 17.7 Å². The van der Waals surface area contributed by atoms with Crippen LogP contribution in [0.25, 0.3) is 0 Å². The average molecular weight is 295 g/mol. The minimum Gasteiger partial charge on any atom is -0.390 e. The first kappa shape index (κ1) is 13.4. The standard InChI is InChI=1S/C14H15ClN2O3/c15-6-10(18)7-16-8-1-4-11-12(5-8)14(20)17(13(11)19)9-2-3-9/h1,4-5,9-10,16,18H,2-3,6-7H2. The van der Waals surface area contributed by atoms with Crippen LogP contribution in [-0.2, 0) is 0 Å². The lowest BCUT2D eigenvalue weighted by Crippen LogP contribution is -2.31. The van der Waals surface area contributed by atoms with Crippen molar-refractivity contribution in [3.8, 4) is 0 Å². The number of aliphatic hydroxyl groups excluding tert-OH is 1. The van der Waals surface area contributed by atoms with Gasteiger partial charge in [0, 0.05) is 18.3 Å². The molecule has 0 aromatic heterocycles. The van der Waals surface area contributed by atoms with Crippen molar-refractivity contribution >= 4 is 29.1 Å². The minimum atomic E-state index is -0.648. The van der Waals surface area contributed by atoms with E-state index in [0.29, 0.717) is 23.4 Å². The Kier molecular flexibility index (Phi) is 3.40.